The fraction of sp³-hybridized carbons (Fsp3) is 0.562. The maximum absolute atomic E-state index is 12.6. The second-order valence-electron chi connectivity index (χ2n) is 8.95. The number of unbranched alkanes of at least 4 members (excludes halogenated alkanes) is 4. The summed E-state index contributed by atoms with van der Waals surface area (Å²) in [6, 6.07) is 18.3. The average Bonchev–Trinajstić information content (AvgIpc) is 2.92. The Morgan fingerprint density at radius 2 is 1.39 bits per heavy atom. The van der Waals surface area contributed by atoms with Crippen LogP contribution in [-0.4, -0.2) is 42.4 Å². The number of hydrogen-bond acceptors (Lipinski definition) is 4. The van der Waals surface area contributed by atoms with Crippen LogP contribution in [0.25, 0.3) is 11.1 Å². The molecule has 4 heteroatoms. The standard InChI is InChI=1S/C28H37NO3.2C2H6/c1-23(30)12-6-3-2-4-11-19-29-20-17-26(18-21-29)32-28(31)22-25-15-9-10-16-27(25)24-13-7-5-8-14-24;2*1-2/h5,7-10,13-16,26H,2-4,6,11-12,17-22H2,1H3;2*1-2H3. The van der Waals surface area contributed by atoms with Crippen molar-refractivity contribution in [1.82, 2.24) is 4.90 Å². The minimum atomic E-state index is -0.127. The zero-order chi connectivity index (χ0) is 26.6. The quantitative estimate of drug-likeness (QED) is 0.222. The van der Waals surface area contributed by atoms with Crippen molar-refractivity contribution in [3.8, 4) is 11.1 Å². The second kappa shape index (κ2) is 19.7. The first-order valence-corrected chi connectivity index (χ1v) is 14.2. The number of nitrogens with zero attached hydrogens (tertiary/aromatic N) is 1. The SMILES string of the molecule is CC.CC.CC(=O)CCCCCCCN1CCC(OC(=O)Cc2ccccc2-c2ccccc2)CC1. The van der Waals surface area contributed by atoms with E-state index < -0.39 is 0 Å². The maximum Gasteiger partial charge on any atom is 0.310 e. The number of piperidine rings is 1. The van der Waals surface area contributed by atoms with Gasteiger partial charge in [-0.15, -0.1) is 0 Å². The Labute approximate surface area is 220 Å². The van der Waals surface area contributed by atoms with E-state index in [0.717, 1.165) is 68.4 Å². The lowest BCUT2D eigenvalue weighted by atomic mass is 9.98. The van der Waals surface area contributed by atoms with E-state index in [1.165, 1.54) is 19.3 Å². The molecule has 0 saturated carbocycles. The molecule has 1 heterocycles. The molecule has 0 radical (unpaired) electrons. The van der Waals surface area contributed by atoms with Crippen molar-refractivity contribution >= 4 is 11.8 Å². The van der Waals surface area contributed by atoms with Crippen LogP contribution in [0.5, 0.6) is 0 Å². The van der Waals surface area contributed by atoms with Crippen molar-refractivity contribution in [3.05, 3.63) is 60.2 Å². The van der Waals surface area contributed by atoms with Gasteiger partial charge >= 0.3 is 5.97 Å². The van der Waals surface area contributed by atoms with Gasteiger partial charge in [0.2, 0.25) is 0 Å². The summed E-state index contributed by atoms with van der Waals surface area (Å²) >= 11 is 0. The van der Waals surface area contributed by atoms with Crippen LogP contribution in [0.2, 0.25) is 0 Å². The number of ketones is 1. The van der Waals surface area contributed by atoms with Crippen molar-refractivity contribution in [1.29, 1.82) is 0 Å². The molecule has 0 spiro atoms. The average molecular weight is 496 g/mol. The van der Waals surface area contributed by atoms with Gasteiger partial charge in [-0.3, -0.25) is 4.79 Å². The molecule has 0 N–H and O–H groups in total. The summed E-state index contributed by atoms with van der Waals surface area (Å²) in [4.78, 5) is 26.1. The van der Waals surface area contributed by atoms with Gasteiger partial charge in [-0.1, -0.05) is 102 Å². The highest BCUT2D eigenvalue weighted by Crippen LogP contribution is 2.24. The molecule has 0 aromatic heterocycles. The van der Waals surface area contributed by atoms with Gasteiger partial charge in [0.05, 0.1) is 6.42 Å². The molecule has 1 aliphatic rings. The Balaban J connectivity index is 0.00000154. The van der Waals surface area contributed by atoms with Gasteiger partial charge in [0, 0.05) is 19.5 Å². The van der Waals surface area contributed by atoms with Crippen LogP contribution in [-0.2, 0) is 20.7 Å². The van der Waals surface area contributed by atoms with E-state index >= 15 is 0 Å². The molecule has 0 bridgehead atoms. The van der Waals surface area contributed by atoms with E-state index in [0.29, 0.717) is 12.2 Å². The van der Waals surface area contributed by atoms with Gasteiger partial charge in [0.25, 0.3) is 0 Å². The molecule has 1 saturated heterocycles. The largest absolute Gasteiger partial charge is 0.462 e. The van der Waals surface area contributed by atoms with E-state index in [4.69, 9.17) is 4.74 Å². The van der Waals surface area contributed by atoms with E-state index in [-0.39, 0.29) is 12.1 Å². The molecule has 4 nitrogen and oxygen atoms in total. The van der Waals surface area contributed by atoms with E-state index in [1.807, 2.05) is 64.1 Å². The molecule has 3 rings (SSSR count). The highest BCUT2D eigenvalue weighted by atomic mass is 16.5. The number of likely N-dealkylation sites (tertiary alicyclic amines) is 1. The van der Waals surface area contributed by atoms with Crippen molar-refractivity contribution < 1.29 is 14.3 Å². The molecule has 0 atom stereocenters. The number of hydrogen-bond donors (Lipinski definition) is 0. The lowest BCUT2D eigenvalue weighted by Gasteiger charge is -2.31. The fourth-order valence-corrected chi connectivity index (χ4v) is 4.45. The number of benzene rings is 2. The van der Waals surface area contributed by atoms with Crippen molar-refractivity contribution in [2.45, 2.75) is 98.5 Å². The molecular formula is C32H49NO3. The Morgan fingerprint density at radius 3 is 2.06 bits per heavy atom. The van der Waals surface area contributed by atoms with Crippen LogP contribution in [0.4, 0.5) is 0 Å². The number of rotatable bonds is 12. The molecule has 1 aliphatic heterocycles. The number of carbonyl (C=O) groups is 2. The van der Waals surface area contributed by atoms with Crippen LogP contribution >= 0.6 is 0 Å². The molecular weight excluding hydrogens is 446 g/mol. The third kappa shape index (κ3) is 12.5. The molecule has 2 aromatic rings. The zero-order valence-electron chi connectivity index (χ0n) is 23.4. The van der Waals surface area contributed by atoms with Gasteiger partial charge in [0.1, 0.15) is 11.9 Å². The fourth-order valence-electron chi connectivity index (χ4n) is 4.45. The minimum absolute atomic E-state index is 0.0363. The smallest absolute Gasteiger partial charge is 0.310 e. The van der Waals surface area contributed by atoms with Gasteiger partial charge in [-0.25, -0.2) is 0 Å². The molecule has 36 heavy (non-hydrogen) atoms. The molecule has 0 unspecified atom stereocenters. The second-order valence-corrected chi connectivity index (χ2v) is 8.95. The highest BCUT2D eigenvalue weighted by molar-refractivity contribution is 5.78. The Hall–Kier alpha value is -2.46. The summed E-state index contributed by atoms with van der Waals surface area (Å²) in [7, 11) is 0. The van der Waals surface area contributed by atoms with E-state index in [2.05, 4.69) is 23.1 Å². The summed E-state index contributed by atoms with van der Waals surface area (Å²) in [5, 5.41) is 0. The van der Waals surface area contributed by atoms with Crippen LogP contribution < -0.4 is 0 Å². The first-order chi connectivity index (χ1) is 17.6. The summed E-state index contributed by atoms with van der Waals surface area (Å²) in [6.07, 6.45) is 8.76. The van der Waals surface area contributed by atoms with E-state index in [9.17, 15) is 9.59 Å². The van der Waals surface area contributed by atoms with Crippen molar-refractivity contribution in [2.75, 3.05) is 19.6 Å². The molecule has 2 aromatic carbocycles. The van der Waals surface area contributed by atoms with Gasteiger partial charge < -0.3 is 14.4 Å². The van der Waals surface area contributed by atoms with Gasteiger partial charge in [-0.05, 0) is 55.8 Å². The topological polar surface area (TPSA) is 46.6 Å². The van der Waals surface area contributed by atoms with Crippen molar-refractivity contribution in [3.63, 3.8) is 0 Å². The maximum atomic E-state index is 12.6. The van der Waals surface area contributed by atoms with Crippen molar-refractivity contribution in [2.24, 2.45) is 0 Å². The summed E-state index contributed by atoms with van der Waals surface area (Å²) < 4.78 is 5.83. The summed E-state index contributed by atoms with van der Waals surface area (Å²) in [6.45, 7) is 12.8. The number of Topliss-reactive ketones (excluding diaryl/α,β-unsaturated/α-hetero) is 1. The third-order valence-electron chi connectivity index (χ3n) is 6.27. The van der Waals surface area contributed by atoms with E-state index in [1.54, 1.807) is 6.92 Å². The van der Waals surface area contributed by atoms with Crippen LogP contribution in [0, 0.1) is 0 Å². The van der Waals surface area contributed by atoms with Crippen LogP contribution in [0.15, 0.2) is 54.6 Å². The Kier molecular flexibility index (Phi) is 17.3. The monoisotopic (exact) mass is 495 g/mol. The first-order valence-electron chi connectivity index (χ1n) is 14.2. The third-order valence-corrected chi connectivity index (χ3v) is 6.27. The van der Waals surface area contributed by atoms with Gasteiger partial charge in [0.15, 0.2) is 0 Å². The zero-order valence-corrected chi connectivity index (χ0v) is 23.4. The number of esters is 1. The minimum Gasteiger partial charge on any atom is -0.462 e. The Morgan fingerprint density at radius 1 is 0.806 bits per heavy atom. The summed E-state index contributed by atoms with van der Waals surface area (Å²) in [5.41, 5.74) is 3.24. The van der Waals surface area contributed by atoms with Crippen LogP contribution in [0.3, 0.4) is 0 Å². The molecule has 1 fully saturated rings. The van der Waals surface area contributed by atoms with Gasteiger partial charge in [-0.2, -0.15) is 0 Å². The number of carbonyl (C=O) groups excluding carboxylic acids is 2. The predicted molar refractivity (Wildman–Crippen MR) is 152 cm³/mol. The number of ether oxygens (including phenoxy) is 1. The van der Waals surface area contributed by atoms with Crippen LogP contribution in [0.1, 0.15) is 91.5 Å². The molecule has 200 valence electrons. The molecule has 0 amide bonds. The predicted octanol–water partition coefficient (Wildman–Crippen LogP) is 7.89. The lowest BCUT2D eigenvalue weighted by molar-refractivity contribution is -0.150. The Bertz CT molecular complexity index is 841. The molecule has 0 aliphatic carbocycles. The lowest BCUT2D eigenvalue weighted by Crippen LogP contribution is -2.38. The first kappa shape index (κ1) is 31.6. The summed E-state index contributed by atoms with van der Waals surface area (Å²) in [5.74, 6) is 0.173. The highest BCUT2D eigenvalue weighted by Gasteiger charge is 2.22. The normalized spacial score (nSPS) is 13.6.